The van der Waals surface area contributed by atoms with Gasteiger partial charge < -0.3 is 10.2 Å². The van der Waals surface area contributed by atoms with Gasteiger partial charge >= 0.3 is 0 Å². The Morgan fingerprint density at radius 3 is 2.35 bits per heavy atom. The number of rotatable bonds is 5. The molecule has 1 aliphatic rings. The molecule has 1 saturated heterocycles. The number of aromatic nitrogens is 2. The summed E-state index contributed by atoms with van der Waals surface area (Å²) in [6.07, 6.45) is 0.405. The molecule has 0 saturated carbocycles. The van der Waals surface area contributed by atoms with Crippen molar-refractivity contribution in [3.05, 3.63) is 17.0 Å². The van der Waals surface area contributed by atoms with Crippen molar-refractivity contribution in [3.8, 4) is 0 Å². The third kappa shape index (κ3) is 4.31. The molecule has 7 nitrogen and oxygen atoms in total. The highest BCUT2D eigenvalue weighted by atomic mass is 16.2. The summed E-state index contributed by atoms with van der Waals surface area (Å²) in [5, 5.41) is 7.17. The first-order valence-electron chi connectivity index (χ1n) is 8.18. The summed E-state index contributed by atoms with van der Waals surface area (Å²) in [6.45, 7) is 9.76. The Morgan fingerprint density at radius 2 is 1.83 bits per heavy atom. The summed E-state index contributed by atoms with van der Waals surface area (Å²) in [5.74, 6) is 0.191. The molecule has 1 fully saturated rings. The number of likely N-dealkylation sites (N-methyl/N-ethyl adjacent to an activating group) is 1. The molecule has 0 bridgehead atoms. The van der Waals surface area contributed by atoms with Gasteiger partial charge in [-0.1, -0.05) is 0 Å². The van der Waals surface area contributed by atoms with Crippen LogP contribution in [-0.4, -0.2) is 70.7 Å². The van der Waals surface area contributed by atoms with Crippen LogP contribution in [-0.2, 0) is 23.1 Å². The van der Waals surface area contributed by atoms with E-state index in [-0.39, 0.29) is 11.8 Å². The molecule has 1 aliphatic heterocycles. The minimum atomic E-state index is 0.0499. The van der Waals surface area contributed by atoms with Gasteiger partial charge in [0.1, 0.15) is 0 Å². The molecule has 1 aromatic heterocycles. The third-order valence-electron chi connectivity index (χ3n) is 4.45. The summed E-state index contributed by atoms with van der Waals surface area (Å²) in [4.78, 5) is 28.1. The van der Waals surface area contributed by atoms with Gasteiger partial charge in [0, 0.05) is 51.0 Å². The van der Waals surface area contributed by atoms with E-state index >= 15 is 0 Å². The van der Waals surface area contributed by atoms with Crippen LogP contribution < -0.4 is 5.32 Å². The molecule has 1 aromatic rings. The predicted octanol–water partition coefficient (Wildman–Crippen LogP) is -0.140. The van der Waals surface area contributed by atoms with E-state index in [1.165, 1.54) is 0 Å². The maximum atomic E-state index is 12.5. The van der Waals surface area contributed by atoms with Crippen LogP contribution in [0.1, 0.15) is 23.9 Å². The van der Waals surface area contributed by atoms with Crippen LogP contribution in [0.15, 0.2) is 0 Å². The molecule has 0 atom stereocenters. The maximum absolute atomic E-state index is 12.5. The first-order valence-corrected chi connectivity index (χ1v) is 8.18. The van der Waals surface area contributed by atoms with Crippen molar-refractivity contribution in [2.75, 3.05) is 39.3 Å². The highest BCUT2D eigenvalue weighted by Gasteiger charge is 2.24. The number of nitrogens with zero attached hydrogens (tertiary/aromatic N) is 4. The van der Waals surface area contributed by atoms with E-state index in [2.05, 4.69) is 15.3 Å². The molecular weight excluding hydrogens is 294 g/mol. The van der Waals surface area contributed by atoms with Gasteiger partial charge in [0.15, 0.2) is 0 Å². The van der Waals surface area contributed by atoms with Crippen LogP contribution in [0, 0.1) is 13.8 Å². The Balaban J connectivity index is 1.85. The molecule has 0 unspecified atom stereocenters. The van der Waals surface area contributed by atoms with Gasteiger partial charge in [-0.3, -0.25) is 19.2 Å². The summed E-state index contributed by atoms with van der Waals surface area (Å²) in [6, 6.07) is 0. The number of piperazine rings is 1. The first kappa shape index (κ1) is 17.5. The molecule has 2 amide bonds. The summed E-state index contributed by atoms with van der Waals surface area (Å²) < 4.78 is 1.82. The smallest absolute Gasteiger partial charge is 0.234 e. The number of nitrogens with one attached hydrogen (secondary N) is 1. The minimum Gasteiger partial charge on any atom is -0.355 e. The van der Waals surface area contributed by atoms with Gasteiger partial charge in [0.25, 0.3) is 0 Å². The van der Waals surface area contributed by atoms with Crippen molar-refractivity contribution in [3.63, 3.8) is 0 Å². The van der Waals surface area contributed by atoms with E-state index in [0.29, 0.717) is 32.6 Å². The Kier molecular flexibility index (Phi) is 5.76. The highest BCUT2D eigenvalue weighted by Crippen LogP contribution is 2.14. The number of hydrogen-bond acceptors (Lipinski definition) is 4. The molecule has 128 valence electrons. The largest absolute Gasteiger partial charge is 0.355 e. The lowest BCUT2D eigenvalue weighted by Crippen LogP contribution is -2.51. The molecule has 0 radical (unpaired) electrons. The van der Waals surface area contributed by atoms with E-state index in [4.69, 9.17) is 0 Å². The average Bonchev–Trinajstić information content (AvgIpc) is 2.74. The fourth-order valence-electron chi connectivity index (χ4n) is 2.95. The van der Waals surface area contributed by atoms with Gasteiger partial charge in [0.05, 0.1) is 18.7 Å². The highest BCUT2D eigenvalue weighted by molar-refractivity contribution is 5.80. The van der Waals surface area contributed by atoms with Gasteiger partial charge in [-0.05, 0) is 20.8 Å². The molecule has 2 heterocycles. The van der Waals surface area contributed by atoms with Crippen molar-refractivity contribution in [1.82, 2.24) is 24.9 Å². The molecule has 7 heteroatoms. The average molecular weight is 321 g/mol. The molecule has 0 spiro atoms. The zero-order valence-corrected chi connectivity index (χ0v) is 14.6. The monoisotopic (exact) mass is 321 g/mol. The Bertz CT molecular complexity index is 573. The SMILES string of the molecule is CCNC(=O)CN1CCN(C(=O)Cc2c(C)nn(C)c2C)CC1. The summed E-state index contributed by atoms with van der Waals surface area (Å²) in [7, 11) is 1.90. The number of carbonyl (C=O) groups excluding carboxylic acids is 2. The van der Waals surface area contributed by atoms with E-state index in [1.54, 1.807) is 0 Å². The van der Waals surface area contributed by atoms with E-state index < -0.39 is 0 Å². The number of carbonyl (C=O) groups is 2. The molecular formula is C16H27N5O2. The molecule has 1 N–H and O–H groups in total. The predicted molar refractivity (Wildman–Crippen MR) is 88.1 cm³/mol. The van der Waals surface area contributed by atoms with Gasteiger partial charge in [-0.15, -0.1) is 0 Å². The van der Waals surface area contributed by atoms with Crippen molar-refractivity contribution in [2.24, 2.45) is 7.05 Å². The normalized spacial score (nSPS) is 15.7. The Hall–Kier alpha value is -1.89. The Morgan fingerprint density at radius 1 is 1.17 bits per heavy atom. The van der Waals surface area contributed by atoms with E-state index in [1.807, 2.05) is 37.4 Å². The van der Waals surface area contributed by atoms with Crippen LogP contribution >= 0.6 is 0 Å². The van der Waals surface area contributed by atoms with Crippen LogP contribution in [0.5, 0.6) is 0 Å². The van der Waals surface area contributed by atoms with Crippen molar-refractivity contribution in [1.29, 1.82) is 0 Å². The minimum absolute atomic E-state index is 0.0499. The lowest BCUT2D eigenvalue weighted by atomic mass is 10.1. The first-order chi connectivity index (χ1) is 10.9. The van der Waals surface area contributed by atoms with Crippen molar-refractivity contribution < 1.29 is 9.59 Å². The fraction of sp³-hybridized carbons (Fsp3) is 0.688. The van der Waals surface area contributed by atoms with Gasteiger partial charge in [-0.25, -0.2) is 0 Å². The Labute approximate surface area is 137 Å². The number of aryl methyl sites for hydroxylation is 2. The lowest BCUT2D eigenvalue weighted by Gasteiger charge is -2.34. The molecule has 0 aliphatic carbocycles. The van der Waals surface area contributed by atoms with E-state index in [9.17, 15) is 9.59 Å². The quantitative estimate of drug-likeness (QED) is 0.819. The topological polar surface area (TPSA) is 70.5 Å². The summed E-state index contributed by atoms with van der Waals surface area (Å²) >= 11 is 0. The van der Waals surface area contributed by atoms with Gasteiger partial charge in [-0.2, -0.15) is 5.10 Å². The fourth-order valence-corrected chi connectivity index (χ4v) is 2.95. The van der Waals surface area contributed by atoms with Crippen LogP contribution in [0.3, 0.4) is 0 Å². The second kappa shape index (κ2) is 7.59. The number of hydrogen-bond donors (Lipinski definition) is 1. The van der Waals surface area contributed by atoms with E-state index in [0.717, 1.165) is 30.0 Å². The third-order valence-corrected chi connectivity index (χ3v) is 4.45. The summed E-state index contributed by atoms with van der Waals surface area (Å²) in [5.41, 5.74) is 3.00. The van der Waals surface area contributed by atoms with Crippen molar-refractivity contribution >= 4 is 11.8 Å². The van der Waals surface area contributed by atoms with Crippen LogP contribution in [0.4, 0.5) is 0 Å². The van der Waals surface area contributed by atoms with Crippen LogP contribution in [0.25, 0.3) is 0 Å². The van der Waals surface area contributed by atoms with Gasteiger partial charge in [0.2, 0.25) is 11.8 Å². The molecule has 2 rings (SSSR count). The lowest BCUT2D eigenvalue weighted by molar-refractivity contribution is -0.132. The number of amides is 2. The van der Waals surface area contributed by atoms with Crippen LogP contribution in [0.2, 0.25) is 0 Å². The standard InChI is InChI=1S/C16H27N5O2/c1-5-17-15(22)11-20-6-8-21(9-7-20)16(23)10-14-12(2)18-19(4)13(14)3/h5-11H2,1-4H3,(H,17,22). The van der Waals surface area contributed by atoms with Crippen molar-refractivity contribution in [2.45, 2.75) is 27.2 Å². The zero-order valence-electron chi connectivity index (χ0n) is 14.6. The molecule has 23 heavy (non-hydrogen) atoms. The second-order valence-electron chi connectivity index (χ2n) is 6.06. The second-order valence-corrected chi connectivity index (χ2v) is 6.06. The molecule has 0 aromatic carbocycles. The zero-order chi connectivity index (χ0) is 17.0. The maximum Gasteiger partial charge on any atom is 0.234 e.